The molecule has 0 atom stereocenters. The standard InChI is InChI=1S/C25H30N4O5S/c1-4-33-21-9-11-22(12-10-21)35(31,32)29-15-13-28(14-16-29)17-23-18(2)34-25(27-23)20-7-5-19(6-8-20)24(30)26-3/h5-12H,4,13-17H2,1-3H3,(H,26,30). The van der Waals surface area contributed by atoms with Crippen LogP contribution < -0.4 is 10.1 Å². The molecule has 3 aromatic rings. The van der Waals surface area contributed by atoms with Crippen LogP contribution in [0.2, 0.25) is 0 Å². The first-order chi connectivity index (χ1) is 16.8. The number of aromatic nitrogens is 1. The molecule has 10 heteroatoms. The summed E-state index contributed by atoms with van der Waals surface area (Å²) < 4.78 is 38.9. The van der Waals surface area contributed by atoms with Crippen LogP contribution in [0.4, 0.5) is 0 Å². The van der Waals surface area contributed by atoms with E-state index < -0.39 is 10.0 Å². The number of oxazole rings is 1. The Morgan fingerprint density at radius 2 is 1.71 bits per heavy atom. The van der Waals surface area contributed by atoms with Gasteiger partial charge in [0, 0.05) is 50.9 Å². The number of nitrogens with zero attached hydrogens (tertiary/aromatic N) is 3. The first kappa shape index (κ1) is 24.9. The van der Waals surface area contributed by atoms with E-state index in [-0.39, 0.29) is 10.8 Å². The van der Waals surface area contributed by atoms with Crippen LogP contribution in [0.1, 0.15) is 28.7 Å². The fourth-order valence-corrected chi connectivity index (χ4v) is 5.39. The third-order valence-corrected chi connectivity index (χ3v) is 7.90. The average Bonchev–Trinajstić information content (AvgIpc) is 3.24. The highest BCUT2D eigenvalue weighted by Gasteiger charge is 2.29. The molecule has 9 nitrogen and oxygen atoms in total. The highest BCUT2D eigenvalue weighted by atomic mass is 32.2. The quantitative estimate of drug-likeness (QED) is 0.509. The molecule has 2 heterocycles. The molecule has 0 bridgehead atoms. The first-order valence-corrected chi connectivity index (χ1v) is 13.0. The molecule has 1 amide bonds. The normalized spacial score (nSPS) is 15.2. The summed E-state index contributed by atoms with van der Waals surface area (Å²) in [5.74, 6) is 1.73. The third-order valence-electron chi connectivity index (χ3n) is 5.99. The van der Waals surface area contributed by atoms with Gasteiger partial charge < -0.3 is 14.5 Å². The van der Waals surface area contributed by atoms with Crippen LogP contribution in [0, 0.1) is 6.92 Å². The van der Waals surface area contributed by atoms with Crippen molar-refractivity contribution < 1.29 is 22.4 Å². The van der Waals surface area contributed by atoms with E-state index in [0.717, 1.165) is 17.0 Å². The van der Waals surface area contributed by atoms with Crippen LogP contribution in [0.5, 0.6) is 5.75 Å². The van der Waals surface area contributed by atoms with Gasteiger partial charge in [-0.15, -0.1) is 0 Å². The number of hydrogen-bond acceptors (Lipinski definition) is 7. The average molecular weight is 499 g/mol. The second kappa shape index (κ2) is 10.6. The van der Waals surface area contributed by atoms with Crippen LogP contribution in [-0.4, -0.2) is 68.3 Å². The molecule has 4 rings (SSSR count). The molecule has 1 saturated heterocycles. The minimum Gasteiger partial charge on any atom is -0.494 e. The number of amides is 1. The maximum atomic E-state index is 13.0. The number of aryl methyl sites for hydroxylation is 1. The monoisotopic (exact) mass is 498 g/mol. The van der Waals surface area contributed by atoms with Gasteiger partial charge in [-0.25, -0.2) is 13.4 Å². The second-order valence-electron chi connectivity index (χ2n) is 8.26. The fraction of sp³-hybridized carbons (Fsp3) is 0.360. The van der Waals surface area contributed by atoms with E-state index in [2.05, 4.69) is 15.2 Å². The Kier molecular flexibility index (Phi) is 7.54. The lowest BCUT2D eigenvalue weighted by Gasteiger charge is -2.33. The maximum absolute atomic E-state index is 13.0. The van der Waals surface area contributed by atoms with Crippen LogP contribution >= 0.6 is 0 Å². The smallest absolute Gasteiger partial charge is 0.251 e. The number of piperazine rings is 1. The third kappa shape index (κ3) is 5.55. The summed E-state index contributed by atoms with van der Waals surface area (Å²) >= 11 is 0. The van der Waals surface area contributed by atoms with Crippen molar-refractivity contribution in [2.24, 2.45) is 0 Å². The zero-order valence-corrected chi connectivity index (χ0v) is 21.0. The molecule has 1 aliphatic rings. The van der Waals surface area contributed by atoms with E-state index in [4.69, 9.17) is 9.15 Å². The van der Waals surface area contributed by atoms with Crippen molar-refractivity contribution in [3.05, 3.63) is 65.5 Å². The largest absolute Gasteiger partial charge is 0.494 e. The lowest BCUT2D eigenvalue weighted by atomic mass is 10.1. The van der Waals surface area contributed by atoms with Crippen LogP contribution in [0.3, 0.4) is 0 Å². The van der Waals surface area contributed by atoms with Gasteiger partial charge in [-0.1, -0.05) is 0 Å². The van der Waals surface area contributed by atoms with Crippen molar-refractivity contribution in [3.8, 4) is 17.2 Å². The predicted octanol–water partition coefficient (Wildman–Crippen LogP) is 2.91. The number of nitrogens with one attached hydrogen (secondary N) is 1. The molecule has 0 aliphatic carbocycles. The van der Waals surface area contributed by atoms with Gasteiger partial charge in [-0.2, -0.15) is 4.31 Å². The minimum absolute atomic E-state index is 0.149. The Labute approximate surface area is 205 Å². The van der Waals surface area contributed by atoms with E-state index in [1.807, 2.05) is 26.0 Å². The van der Waals surface area contributed by atoms with E-state index >= 15 is 0 Å². The molecule has 0 unspecified atom stereocenters. The Morgan fingerprint density at radius 1 is 1.06 bits per heavy atom. The van der Waals surface area contributed by atoms with Crippen molar-refractivity contribution in [2.75, 3.05) is 39.8 Å². The summed E-state index contributed by atoms with van der Waals surface area (Å²) in [4.78, 5) is 18.8. The number of carbonyl (C=O) groups is 1. The van der Waals surface area contributed by atoms with E-state index in [0.29, 0.717) is 56.5 Å². The number of rotatable bonds is 8. The van der Waals surface area contributed by atoms with Gasteiger partial charge in [0.25, 0.3) is 5.91 Å². The molecule has 1 N–H and O–H groups in total. The van der Waals surface area contributed by atoms with E-state index in [9.17, 15) is 13.2 Å². The van der Waals surface area contributed by atoms with E-state index in [1.165, 1.54) is 4.31 Å². The van der Waals surface area contributed by atoms with Crippen LogP contribution in [0.25, 0.3) is 11.5 Å². The lowest BCUT2D eigenvalue weighted by Crippen LogP contribution is -2.48. The molecular formula is C25H30N4O5S. The van der Waals surface area contributed by atoms with Crippen LogP contribution in [-0.2, 0) is 16.6 Å². The first-order valence-electron chi connectivity index (χ1n) is 11.6. The summed E-state index contributed by atoms with van der Waals surface area (Å²) in [5, 5.41) is 2.60. The van der Waals surface area contributed by atoms with Gasteiger partial charge in [0.1, 0.15) is 11.5 Å². The molecule has 186 valence electrons. The number of hydrogen-bond donors (Lipinski definition) is 1. The van der Waals surface area contributed by atoms with Crippen molar-refractivity contribution in [3.63, 3.8) is 0 Å². The van der Waals surface area contributed by atoms with Crippen molar-refractivity contribution in [1.82, 2.24) is 19.5 Å². The summed E-state index contributed by atoms with van der Waals surface area (Å²) in [7, 11) is -1.96. The number of ether oxygens (including phenoxy) is 1. The summed E-state index contributed by atoms with van der Waals surface area (Å²) in [5.41, 5.74) is 2.18. The maximum Gasteiger partial charge on any atom is 0.251 e. The zero-order chi connectivity index (χ0) is 25.0. The minimum atomic E-state index is -3.55. The molecule has 1 aliphatic heterocycles. The van der Waals surface area contributed by atoms with E-state index in [1.54, 1.807) is 43.4 Å². The molecule has 0 saturated carbocycles. The van der Waals surface area contributed by atoms with Gasteiger partial charge in [0.15, 0.2) is 0 Å². The van der Waals surface area contributed by atoms with Gasteiger partial charge in [0.05, 0.1) is 17.2 Å². The SMILES string of the molecule is CCOc1ccc(S(=O)(=O)N2CCN(Cc3nc(-c4ccc(C(=O)NC)cc4)oc3C)CC2)cc1. The van der Waals surface area contributed by atoms with Crippen molar-refractivity contribution >= 4 is 15.9 Å². The van der Waals surface area contributed by atoms with Gasteiger partial charge in [0.2, 0.25) is 15.9 Å². The second-order valence-corrected chi connectivity index (χ2v) is 10.2. The highest BCUT2D eigenvalue weighted by Crippen LogP contribution is 2.25. The van der Waals surface area contributed by atoms with Crippen LogP contribution in [0.15, 0.2) is 57.8 Å². The Hall–Kier alpha value is -3.21. The molecular weight excluding hydrogens is 468 g/mol. The number of carbonyl (C=O) groups excluding carboxylic acids is 1. The Bertz CT molecular complexity index is 1260. The molecule has 0 radical (unpaired) electrons. The van der Waals surface area contributed by atoms with Gasteiger partial charge in [-0.3, -0.25) is 9.69 Å². The molecule has 1 aromatic heterocycles. The summed E-state index contributed by atoms with van der Waals surface area (Å²) in [6.07, 6.45) is 0. The summed E-state index contributed by atoms with van der Waals surface area (Å²) in [6, 6.07) is 13.6. The molecule has 0 spiro atoms. The molecule has 1 fully saturated rings. The van der Waals surface area contributed by atoms with Gasteiger partial charge in [-0.05, 0) is 62.4 Å². The Morgan fingerprint density at radius 3 is 2.31 bits per heavy atom. The molecule has 35 heavy (non-hydrogen) atoms. The Balaban J connectivity index is 1.37. The number of benzene rings is 2. The zero-order valence-electron chi connectivity index (χ0n) is 20.2. The highest BCUT2D eigenvalue weighted by molar-refractivity contribution is 7.89. The predicted molar refractivity (Wildman–Crippen MR) is 132 cm³/mol. The fourth-order valence-electron chi connectivity index (χ4n) is 3.97. The van der Waals surface area contributed by atoms with Gasteiger partial charge >= 0.3 is 0 Å². The van der Waals surface area contributed by atoms with Crippen molar-refractivity contribution in [2.45, 2.75) is 25.3 Å². The topological polar surface area (TPSA) is 105 Å². The lowest BCUT2D eigenvalue weighted by molar-refractivity contribution is 0.0963. The number of sulfonamides is 1. The summed E-state index contributed by atoms with van der Waals surface area (Å²) in [6.45, 7) is 6.86. The molecule has 2 aromatic carbocycles. The van der Waals surface area contributed by atoms with Crippen molar-refractivity contribution in [1.29, 1.82) is 0 Å².